The maximum absolute atomic E-state index is 13.5. The number of amides is 2. The molecule has 2 aromatic rings. The van der Waals surface area contributed by atoms with E-state index in [9.17, 15) is 14.0 Å². The summed E-state index contributed by atoms with van der Waals surface area (Å²) >= 11 is 0. The van der Waals surface area contributed by atoms with E-state index in [2.05, 4.69) is 30.8 Å². The summed E-state index contributed by atoms with van der Waals surface area (Å²) in [6.07, 6.45) is 0.556. The van der Waals surface area contributed by atoms with Gasteiger partial charge in [0.1, 0.15) is 11.9 Å². The first kappa shape index (κ1) is 26.0. The molecule has 2 aromatic heterocycles. The minimum atomic E-state index is -1.05. The first-order valence-corrected chi connectivity index (χ1v) is 12.1. The number of rotatable bonds is 6. The second kappa shape index (κ2) is 11.4. The van der Waals surface area contributed by atoms with E-state index >= 15 is 0 Å². The van der Waals surface area contributed by atoms with Crippen molar-refractivity contribution in [3.8, 4) is 11.1 Å². The molecule has 36 heavy (non-hydrogen) atoms. The summed E-state index contributed by atoms with van der Waals surface area (Å²) in [4.78, 5) is 38.9. The molecular formula is C24H34FN9O2. The van der Waals surface area contributed by atoms with Gasteiger partial charge in [-0.05, 0) is 26.1 Å². The minimum absolute atomic E-state index is 0.0937. The highest BCUT2D eigenvalue weighted by atomic mass is 19.1. The molecule has 1 atom stereocenters. The summed E-state index contributed by atoms with van der Waals surface area (Å²) in [5.41, 5.74) is 14.8. The molecule has 2 amide bonds. The predicted molar refractivity (Wildman–Crippen MR) is 135 cm³/mol. The zero-order valence-electron chi connectivity index (χ0n) is 20.6. The standard InChI is InChI=1S/C24H34FN9O2/c1-14-16(3-4-18(31-14)24(36)34-9-7-33(2)8-10-34)17-5-6-28-13-19(17)32-23(35)20(21(26)27)22-29-11-15(25)12-30-22/h3-6,13,15,20-22,29-30H,7-12,26-27H2,1-2H3,(H,32,35). The van der Waals surface area contributed by atoms with Gasteiger partial charge in [-0.2, -0.15) is 0 Å². The maximum Gasteiger partial charge on any atom is 0.272 e. The number of nitrogens with two attached hydrogens (primary N) is 2. The van der Waals surface area contributed by atoms with Crippen molar-refractivity contribution in [1.29, 1.82) is 0 Å². The van der Waals surface area contributed by atoms with Crippen LogP contribution in [0.2, 0.25) is 0 Å². The molecule has 2 aliphatic rings. The summed E-state index contributed by atoms with van der Waals surface area (Å²) in [5, 5.41) is 8.77. The molecule has 0 spiro atoms. The lowest BCUT2D eigenvalue weighted by molar-refractivity contribution is -0.122. The van der Waals surface area contributed by atoms with Crippen LogP contribution in [0.5, 0.6) is 0 Å². The molecule has 4 heterocycles. The van der Waals surface area contributed by atoms with Gasteiger partial charge < -0.3 is 26.6 Å². The van der Waals surface area contributed by atoms with Crippen LogP contribution in [-0.4, -0.2) is 96.4 Å². The molecule has 11 nitrogen and oxygen atoms in total. The Labute approximate surface area is 209 Å². The lowest BCUT2D eigenvalue weighted by Crippen LogP contribution is -2.64. The Morgan fingerprint density at radius 2 is 1.81 bits per heavy atom. The SMILES string of the molecule is Cc1nc(C(=O)N2CCN(C)CC2)ccc1-c1ccncc1NC(=O)C(C(N)N)C1NCC(F)CN1. The number of pyridine rings is 2. The van der Waals surface area contributed by atoms with Gasteiger partial charge in [0.25, 0.3) is 5.91 Å². The van der Waals surface area contributed by atoms with Crippen molar-refractivity contribution >= 4 is 17.5 Å². The van der Waals surface area contributed by atoms with Gasteiger partial charge in [-0.25, -0.2) is 9.37 Å². The predicted octanol–water partition coefficient (Wildman–Crippen LogP) is -0.505. The fourth-order valence-electron chi connectivity index (χ4n) is 4.54. The normalized spacial score (nSPS) is 21.9. The highest BCUT2D eigenvalue weighted by Crippen LogP contribution is 2.30. The smallest absolute Gasteiger partial charge is 0.272 e. The number of nitrogens with zero attached hydrogens (tertiary/aromatic N) is 4. The van der Waals surface area contributed by atoms with Gasteiger partial charge in [0, 0.05) is 62.3 Å². The number of likely N-dealkylation sites (N-methyl/N-ethyl adjacent to an activating group) is 1. The topological polar surface area (TPSA) is 155 Å². The van der Waals surface area contributed by atoms with Crippen molar-refractivity contribution in [3.63, 3.8) is 0 Å². The third kappa shape index (κ3) is 5.85. The van der Waals surface area contributed by atoms with Crippen molar-refractivity contribution in [2.24, 2.45) is 17.4 Å². The summed E-state index contributed by atoms with van der Waals surface area (Å²) in [5.74, 6) is -1.37. The second-order valence-electron chi connectivity index (χ2n) is 9.33. The van der Waals surface area contributed by atoms with Crippen LogP contribution in [0.15, 0.2) is 30.6 Å². The van der Waals surface area contributed by atoms with Crippen molar-refractivity contribution in [2.45, 2.75) is 25.4 Å². The minimum Gasteiger partial charge on any atom is -0.335 e. The van der Waals surface area contributed by atoms with Crippen molar-refractivity contribution in [3.05, 3.63) is 42.0 Å². The van der Waals surface area contributed by atoms with Crippen molar-refractivity contribution in [2.75, 3.05) is 51.6 Å². The molecule has 0 aliphatic carbocycles. The lowest BCUT2D eigenvalue weighted by Gasteiger charge is -2.34. The number of nitrogens with one attached hydrogen (secondary N) is 3. The number of hydrogen-bond donors (Lipinski definition) is 5. The molecule has 1 unspecified atom stereocenters. The zero-order chi connectivity index (χ0) is 25.8. The van der Waals surface area contributed by atoms with Crippen molar-refractivity contribution < 1.29 is 14.0 Å². The Kier molecular flexibility index (Phi) is 8.21. The summed E-state index contributed by atoms with van der Waals surface area (Å²) < 4.78 is 13.5. The molecule has 0 saturated carbocycles. The fourth-order valence-corrected chi connectivity index (χ4v) is 4.54. The summed E-state index contributed by atoms with van der Waals surface area (Å²) in [7, 11) is 2.04. The number of piperazine rings is 1. The van der Waals surface area contributed by atoms with Crippen molar-refractivity contribution in [1.82, 2.24) is 30.4 Å². The highest BCUT2D eigenvalue weighted by Gasteiger charge is 2.35. The molecule has 4 rings (SSSR count). The third-order valence-corrected chi connectivity index (χ3v) is 6.66. The average Bonchev–Trinajstić information content (AvgIpc) is 2.86. The summed E-state index contributed by atoms with van der Waals surface area (Å²) in [6.45, 7) is 5.03. The van der Waals surface area contributed by atoms with Gasteiger partial charge in [0.15, 0.2) is 0 Å². The molecule has 0 bridgehead atoms. The van der Waals surface area contributed by atoms with Crippen LogP contribution in [0.1, 0.15) is 16.2 Å². The zero-order valence-corrected chi connectivity index (χ0v) is 20.6. The molecule has 0 radical (unpaired) electrons. The average molecular weight is 500 g/mol. The van der Waals surface area contributed by atoms with Gasteiger partial charge in [-0.15, -0.1) is 0 Å². The Bertz CT molecular complexity index is 1080. The number of carbonyl (C=O) groups is 2. The molecule has 12 heteroatoms. The monoisotopic (exact) mass is 499 g/mol. The number of carbonyl (C=O) groups excluding carboxylic acids is 2. The number of aromatic nitrogens is 2. The van der Waals surface area contributed by atoms with E-state index < -0.39 is 30.3 Å². The lowest BCUT2D eigenvalue weighted by atomic mass is 9.98. The summed E-state index contributed by atoms with van der Waals surface area (Å²) in [6, 6.07) is 5.30. The van der Waals surface area contributed by atoms with E-state index in [1.165, 1.54) is 6.20 Å². The number of hydrogen-bond acceptors (Lipinski definition) is 9. The van der Waals surface area contributed by atoms with Crippen LogP contribution < -0.4 is 27.4 Å². The Morgan fingerprint density at radius 1 is 1.11 bits per heavy atom. The van der Waals surface area contributed by atoms with Crippen LogP contribution in [0.3, 0.4) is 0 Å². The molecule has 7 N–H and O–H groups in total. The quantitative estimate of drug-likeness (QED) is 0.331. The van der Waals surface area contributed by atoms with Gasteiger partial charge in [0.2, 0.25) is 5.91 Å². The Balaban J connectivity index is 1.53. The van der Waals surface area contributed by atoms with Crippen LogP contribution in [0.25, 0.3) is 11.1 Å². The molecule has 2 aliphatic heterocycles. The van der Waals surface area contributed by atoms with Gasteiger partial charge >= 0.3 is 0 Å². The number of alkyl halides is 1. The Morgan fingerprint density at radius 3 is 2.44 bits per heavy atom. The molecule has 2 fully saturated rings. The largest absolute Gasteiger partial charge is 0.335 e. The van der Waals surface area contributed by atoms with Crippen LogP contribution >= 0.6 is 0 Å². The molecular weight excluding hydrogens is 465 g/mol. The molecule has 0 aromatic carbocycles. The highest BCUT2D eigenvalue weighted by molar-refractivity contribution is 5.98. The number of halogens is 1. The first-order valence-electron chi connectivity index (χ1n) is 12.1. The van der Waals surface area contributed by atoms with E-state index in [4.69, 9.17) is 11.5 Å². The van der Waals surface area contributed by atoms with Crippen LogP contribution in [0, 0.1) is 12.8 Å². The van der Waals surface area contributed by atoms with E-state index in [0.29, 0.717) is 35.7 Å². The number of anilines is 1. The van der Waals surface area contributed by atoms with E-state index in [1.54, 1.807) is 18.3 Å². The Hall–Kier alpha value is -3.03. The number of aryl methyl sites for hydroxylation is 1. The van der Waals surface area contributed by atoms with Gasteiger partial charge in [-0.1, -0.05) is 6.07 Å². The van der Waals surface area contributed by atoms with Crippen LogP contribution in [0.4, 0.5) is 10.1 Å². The van der Waals surface area contributed by atoms with E-state index in [-0.39, 0.29) is 19.0 Å². The second-order valence-corrected chi connectivity index (χ2v) is 9.33. The maximum atomic E-state index is 13.5. The molecule has 194 valence electrons. The van der Waals surface area contributed by atoms with Gasteiger partial charge in [0.05, 0.1) is 30.1 Å². The van der Waals surface area contributed by atoms with E-state index in [1.807, 2.05) is 24.9 Å². The molecule has 2 saturated heterocycles. The fraction of sp³-hybridized carbons (Fsp3) is 0.500. The van der Waals surface area contributed by atoms with E-state index in [0.717, 1.165) is 18.7 Å². The van der Waals surface area contributed by atoms with Crippen LogP contribution in [-0.2, 0) is 4.79 Å². The first-order chi connectivity index (χ1) is 17.2. The van der Waals surface area contributed by atoms with Gasteiger partial charge in [-0.3, -0.25) is 25.2 Å². The third-order valence-electron chi connectivity index (χ3n) is 6.66.